The average Bonchev–Trinajstić information content (AvgIpc) is 2.96. The normalized spacial score (nSPS) is 12.3. The van der Waals surface area contributed by atoms with Gasteiger partial charge in [0.05, 0.1) is 0 Å². The van der Waals surface area contributed by atoms with Crippen molar-refractivity contribution in [3.8, 4) is 0 Å². The maximum Gasteiger partial charge on any atom is 0.0384 e. The molecule has 0 saturated carbocycles. The Balaban J connectivity index is 1.41. The zero-order chi connectivity index (χ0) is 26.7. The molecule has 4 rings (SSSR count). The van der Waals surface area contributed by atoms with Crippen molar-refractivity contribution in [3.05, 3.63) is 150 Å². The molecule has 4 aromatic carbocycles. The molecule has 0 aromatic heterocycles. The van der Waals surface area contributed by atoms with Crippen molar-refractivity contribution in [2.24, 2.45) is 0 Å². The molecule has 1 unspecified atom stereocenters. The summed E-state index contributed by atoms with van der Waals surface area (Å²) < 4.78 is 0. The van der Waals surface area contributed by atoms with Gasteiger partial charge < -0.3 is 10.6 Å². The third-order valence-corrected chi connectivity index (χ3v) is 6.86. The quantitative estimate of drug-likeness (QED) is 0.201. The average molecular weight is 499 g/mol. The van der Waals surface area contributed by atoms with Gasteiger partial charge in [0.2, 0.25) is 0 Å². The highest BCUT2D eigenvalue weighted by atomic mass is 14.9. The Bertz CT molecular complexity index is 1360. The van der Waals surface area contributed by atoms with E-state index in [-0.39, 0.29) is 0 Å². The highest BCUT2D eigenvalue weighted by Gasteiger charge is 2.04. The summed E-state index contributed by atoms with van der Waals surface area (Å²) in [7, 11) is 0. The van der Waals surface area contributed by atoms with Crippen molar-refractivity contribution < 1.29 is 0 Å². The third kappa shape index (κ3) is 7.60. The van der Waals surface area contributed by atoms with Crippen LogP contribution in [0.5, 0.6) is 0 Å². The molecule has 0 bridgehead atoms. The Hall–Kier alpha value is -4.30. The van der Waals surface area contributed by atoms with E-state index < -0.39 is 0 Å². The first-order valence-electron chi connectivity index (χ1n) is 13.4. The zero-order valence-corrected chi connectivity index (χ0v) is 22.7. The van der Waals surface area contributed by atoms with Crippen LogP contribution in [0.15, 0.2) is 128 Å². The van der Waals surface area contributed by atoms with Gasteiger partial charge in [0.15, 0.2) is 0 Å². The lowest BCUT2D eigenvalue weighted by atomic mass is 9.98. The first-order valence-corrected chi connectivity index (χ1v) is 13.4. The minimum absolute atomic E-state index is 0.593. The molecule has 0 aliphatic carbocycles. The summed E-state index contributed by atoms with van der Waals surface area (Å²) in [4.78, 5) is 0. The second kappa shape index (κ2) is 13.3. The van der Waals surface area contributed by atoms with E-state index in [1.54, 1.807) is 0 Å². The van der Waals surface area contributed by atoms with Gasteiger partial charge in [0.25, 0.3) is 0 Å². The summed E-state index contributed by atoms with van der Waals surface area (Å²) in [6.45, 7) is 10.4. The van der Waals surface area contributed by atoms with E-state index in [1.165, 1.54) is 27.8 Å². The summed E-state index contributed by atoms with van der Waals surface area (Å²) in [5.74, 6) is 0.593. The van der Waals surface area contributed by atoms with Gasteiger partial charge in [0, 0.05) is 22.7 Å². The van der Waals surface area contributed by atoms with Crippen molar-refractivity contribution in [2.75, 3.05) is 10.6 Å². The molecule has 2 heteroatoms. The maximum atomic E-state index is 3.84. The van der Waals surface area contributed by atoms with E-state index in [1.807, 2.05) is 12.2 Å². The molecule has 4 aromatic rings. The molecule has 1 atom stereocenters. The molecule has 0 heterocycles. The van der Waals surface area contributed by atoms with Gasteiger partial charge >= 0.3 is 0 Å². The number of nitrogens with one attached hydrogen (secondary N) is 2. The standard InChI is InChI=1S/C36H38N2/c1-5-7-8-31(32-17-25-36(26-18-32)37-33-19-9-27(3)10-20-33)14-11-29-12-21-34(22-13-29)38-35-23-15-30(16-24-35)28(4)6-2/h5,7-10,12-26,28,37-38H,1,6,11H2,2-4H3/b8-7-,31-14+. The van der Waals surface area contributed by atoms with Crippen LogP contribution in [0.25, 0.3) is 5.57 Å². The topological polar surface area (TPSA) is 24.1 Å². The Kier molecular flexibility index (Phi) is 9.37. The van der Waals surface area contributed by atoms with E-state index in [0.29, 0.717) is 5.92 Å². The molecule has 0 aliphatic heterocycles. The number of aryl methyl sites for hydroxylation is 1. The molecule has 0 saturated heterocycles. The molecular formula is C36H38N2. The SMILES string of the molecule is C=C/C=C\C(=C/Cc1ccc(Nc2ccc(C(C)CC)cc2)cc1)c1ccc(Nc2ccc(C)cc2)cc1. The van der Waals surface area contributed by atoms with Gasteiger partial charge in [0.1, 0.15) is 0 Å². The fraction of sp³-hybridized carbons (Fsp3) is 0.167. The second-order valence-corrected chi connectivity index (χ2v) is 9.78. The lowest BCUT2D eigenvalue weighted by Gasteiger charge is -2.11. The molecule has 38 heavy (non-hydrogen) atoms. The van der Waals surface area contributed by atoms with Crippen LogP contribution < -0.4 is 10.6 Å². The Morgan fingerprint density at radius 1 is 0.737 bits per heavy atom. The summed E-state index contributed by atoms with van der Waals surface area (Å²) in [6.07, 6.45) is 10.2. The van der Waals surface area contributed by atoms with Gasteiger partial charge in [-0.15, -0.1) is 0 Å². The number of rotatable bonds is 11. The van der Waals surface area contributed by atoms with Crippen LogP contribution in [0.3, 0.4) is 0 Å². The number of anilines is 4. The van der Waals surface area contributed by atoms with Crippen LogP contribution in [-0.2, 0) is 6.42 Å². The highest BCUT2D eigenvalue weighted by molar-refractivity contribution is 5.76. The fourth-order valence-corrected chi connectivity index (χ4v) is 4.25. The predicted molar refractivity (Wildman–Crippen MR) is 167 cm³/mol. The summed E-state index contributed by atoms with van der Waals surface area (Å²) >= 11 is 0. The molecule has 0 radical (unpaired) electrons. The number of benzene rings is 4. The van der Waals surface area contributed by atoms with E-state index >= 15 is 0 Å². The molecule has 0 fully saturated rings. The molecule has 0 spiro atoms. The minimum Gasteiger partial charge on any atom is -0.356 e. The maximum absolute atomic E-state index is 3.84. The smallest absolute Gasteiger partial charge is 0.0384 e. The Labute approximate surface area is 228 Å². The van der Waals surface area contributed by atoms with Gasteiger partial charge in [-0.05, 0) is 96.5 Å². The number of hydrogen-bond donors (Lipinski definition) is 2. The summed E-state index contributed by atoms with van der Waals surface area (Å²) in [5, 5.41) is 6.99. The predicted octanol–water partition coefficient (Wildman–Crippen LogP) is 10.4. The van der Waals surface area contributed by atoms with Crippen molar-refractivity contribution >= 4 is 28.3 Å². The highest BCUT2D eigenvalue weighted by Crippen LogP contribution is 2.25. The summed E-state index contributed by atoms with van der Waals surface area (Å²) in [6, 6.07) is 34.5. The zero-order valence-electron chi connectivity index (χ0n) is 22.7. The van der Waals surface area contributed by atoms with Gasteiger partial charge in [-0.3, -0.25) is 0 Å². The Morgan fingerprint density at radius 3 is 1.76 bits per heavy atom. The molecule has 0 amide bonds. The lowest BCUT2D eigenvalue weighted by Crippen LogP contribution is -1.94. The lowest BCUT2D eigenvalue weighted by molar-refractivity contribution is 0.734. The molecular weight excluding hydrogens is 460 g/mol. The molecule has 2 N–H and O–H groups in total. The van der Waals surface area contributed by atoms with E-state index in [4.69, 9.17) is 0 Å². The summed E-state index contributed by atoms with van der Waals surface area (Å²) in [5.41, 5.74) is 10.6. The van der Waals surface area contributed by atoms with Crippen LogP contribution in [0.2, 0.25) is 0 Å². The van der Waals surface area contributed by atoms with Crippen LogP contribution in [-0.4, -0.2) is 0 Å². The first kappa shape index (κ1) is 26.8. The van der Waals surface area contributed by atoms with E-state index in [9.17, 15) is 0 Å². The number of allylic oxidation sites excluding steroid dienone is 5. The third-order valence-electron chi connectivity index (χ3n) is 6.86. The monoisotopic (exact) mass is 498 g/mol. The van der Waals surface area contributed by atoms with Crippen molar-refractivity contribution in [3.63, 3.8) is 0 Å². The number of hydrogen-bond acceptors (Lipinski definition) is 2. The molecule has 2 nitrogen and oxygen atoms in total. The van der Waals surface area contributed by atoms with E-state index in [0.717, 1.165) is 35.6 Å². The minimum atomic E-state index is 0.593. The van der Waals surface area contributed by atoms with Crippen molar-refractivity contribution in [1.82, 2.24) is 0 Å². The van der Waals surface area contributed by atoms with Gasteiger partial charge in [-0.1, -0.05) is 98.8 Å². The van der Waals surface area contributed by atoms with Gasteiger partial charge in [-0.25, -0.2) is 0 Å². The van der Waals surface area contributed by atoms with Crippen molar-refractivity contribution in [2.45, 2.75) is 39.5 Å². The largest absolute Gasteiger partial charge is 0.356 e. The van der Waals surface area contributed by atoms with Crippen LogP contribution in [0.1, 0.15) is 48.4 Å². The Morgan fingerprint density at radius 2 is 1.24 bits per heavy atom. The molecule has 192 valence electrons. The second-order valence-electron chi connectivity index (χ2n) is 9.78. The van der Waals surface area contributed by atoms with Crippen LogP contribution in [0, 0.1) is 6.92 Å². The van der Waals surface area contributed by atoms with E-state index in [2.05, 4.69) is 147 Å². The fourth-order valence-electron chi connectivity index (χ4n) is 4.25. The van der Waals surface area contributed by atoms with Gasteiger partial charge in [-0.2, -0.15) is 0 Å². The van der Waals surface area contributed by atoms with Crippen molar-refractivity contribution in [1.29, 1.82) is 0 Å². The van der Waals surface area contributed by atoms with Crippen LogP contribution in [0.4, 0.5) is 22.7 Å². The van der Waals surface area contributed by atoms with Crippen LogP contribution >= 0.6 is 0 Å². The first-order chi connectivity index (χ1) is 18.5. The molecule has 0 aliphatic rings.